The van der Waals surface area contributed by atoms with Crippen molar-refractivity contribution in [3.8, 4) is 11.3 Å². The lowest BCUT2D eigenvalue weighted by atomic mass is 9.97. The molecule has 0 atom stereocenters. The van der Waals surface area contributed by atoms with Crippen LogP contribution < -0.4 is 0 Å². The second-order valence-corrected chi connectivity index (χ2v) is 7.92. The van der Waals surface area contributed by atoms with Crippen LogP contribution in [0.5, 0.6) is 0 Å². The Kier molecular flexibility index (Phi) is 3.93. The van der Waals surface area contributed by atoms with Gasteiger partial charge in [0.15, 0.2) is 0 Å². The van der Waals surface area contributed by atoms with Crippen LogP contribution in [0.1, 0.15) is 21.6 Å². The Morgan fingerprint density at radius 1 is 1.10 bits per heavy atom. The first-order valence-electron chi connectivity index (χ1n) is 10.3. The van der Waals surface area contributed by atoms with E-state index in [1.54, 1.807) is 12.5 Å². The number of fused-ring (bicyclic) bond motifs is 3. The molecule has 6 rings (SSSR count). The predicted molar refractivity (Wildman–Crippen MR) is 119 cm³/mol. The normalized spacial score (nSPS) is 13.6. The second-order valence-electron chi connectivity index (χ2n) is 7.92. The molecule has 4 heterocycles. The van der Waals surface area contributed by atoms with Crippen LogP contribution in [0.15, 0.2) is 71.5 Å². The number of rotatable bonds is 2. The molecular weight excluding hydrogens is 388 g/mol. The first kappa shape index (κ1) is 17.9. The van der Waals surface area contributed by atoms with Gasteiger partial charge < -0.3 is 9.32 Å². The third-order valence-electron chi connectivity index (χ3n) is 6.09. The van der Waals surface area contributed by atoms with Gasteiger partial charge in [-0.2, -0.15) is 5.10 Å². The number of nitrogens with zero attached hydrogens (tertiary/aromatic N) is 4. The zero-order valence-electron chi connectivity index (χ0n) is 17.1. The standard InChI is InChI=1S/C25H20N4O2/c1-28-24(19-5-2-6-23-18(19)10-13-31-23)20-9-12-29(15-22(20)27-28)25(30)17-7-8-21-16(14-17)4-3-11-26-21/h2-8,10-11,13-14H,9,12,15H2,1H3. The van der Waals surface area contributed by atoms with Gasteiger partial charge in [0.2, 0.25) is 0 Å². The molecule has 0 bridgehead atoms. The Bertz CT molecular complexity index is 1460. The van der Waals surface area contributed by atoms with Crippen molar-refractivity contribution in [1.29, 1.82) is 0 Å². The molecule has 6 heteroatoms. The van der Waals surface area contributed by atoms with E-state index in [0.717, 1.165) is 45.2 Å². The molecule has 1 aliphatic heterocycles. The van der Waals surface area contributed by atoms with Crippen molar-refractivity contribution in [2.24, 2.45) is 7.05 Å². The molecule has 152 valence electrons. The number of pyridine rings is 1. The number of furan rings is 1. The van der Waals surface area contributed by atoms with Crippen LogP contribution in [0, 0.1) is 0 Å². The summed E-state index contributed by atoms with van der Waals surface area (Å²) in [5, 5.41) is 6.83. The van der Waals surface area contributed by atoms with Gasteiger partial charge >= 0.3 is 0 Å². The van der Waals surface area contributed by atoms with Crippen LogP contribution in [0.4, 0.5) is 0 Å². The van der Waals surface area contributed by atoms with Gasteiger partial charge in [0.25, 0.3) is 5.91 Å². The van der Waals surface area contributed by atoms with Crippen molar-refractivity contribution >= 4 is 27.8 Å². The molecule has 0 saturated carbocycles. The Morgan fingerprint density at radius 2 is 2.03 bits per heavy atom. The largest absolute Gasteiger partial charge is 0.464 e. The third kappa shape index (κ3) is 2.83. The van der Waals surface area contributed by atoms with E-state index in [2.05, 4.69) is 11.1 Å². The Hall–Kier alpha value is -3.93. The molecule has 0 unspecified atom stereocenters. The summed E-state index contributed by atoms with van der Waals surface area (Å²) in [6, 6.07) is 17.6. The van der Waals surface area contributed by atoms with E-state index in [4.69, 9.17) is 9.52 Å². The zero-order chi connectivity index (χ0) is 20.9. The van der Waals surface area contributed by atoms with Crippen LogP contribution in [-0.2, 0) is 20.0 Å². The van der Waals surface area contributed by atoms with Crippen molar-refractivity contribution in [3.05, 3.63) is 83.9 Å². The number of hydrogen-bond acceptors (Lipinski definition) is 4. The molecule has 2 aromatic carbocycles. The summed E-state index contributed by atoms with van der Waals surface area (Å²) in [5.74, 6) is 0.0283. The summed E-state index contributed by atoms with van der Waals surface area (Å²) in [5.41, 5.74) is 6.83. The van der Waals surface area contributed by atoms with Gasteiger partial charge in [-0.1, -0.05) is 18.2 Å². The van der Waals surface area contributed by atoms with Crippen LogP contribution >= 0.6 is 0 Å². The molecule has 1 amide bonds. The Labute approximate surface area is 178 Å². The fourth-order valence-corrected chi connectivity index (χ4v) is 4.62. The van der Waals surface area contributed by atoms with Crippen molar-refractivity contribution in [1.82, 2.24) is 19.7 Å². The quantitative estimate of drug-likeness (QED) is 0.429. The van der Waals surface area contributed by atoms with E-state index in [9.17, 15) is 4.79 Å². The highest BCUT2D eigenvalue weighted by Gasteiger charge is 2.28. The minimum Gasteiger partial charge on any atom is -0.464 e. The fraction of sp³-hybridized carbons (Fsp3) is 0.160. The third-order valence-corrected chi connectivity index (χ3v) is 6.09. The number of aryl methyl sites for hydroxylation is 1. The number of amides is 1. The Morgan fingerprint density at radius 3 is 2.97 bits per heavy atom. The fourth-order valence-electron chi connectivity index (χ4n) is 4.62. The van der Waals surface area contributed by atoms with Gasteiger partial charge in [-0.15, -0.1) is 0 Å². The van der Waals surface area contributed by atoms with Gasteiger partial charge in [-0.3, -0.25) is 14.5 Å². The molecule has 5 aromatic rings. The molecule has 3 aromatic heterocycles. The molecule has 0 aliphatic carbocycles. The highest BCUT2D eigenvalue weighted by atomic mass is 16.3. The molecule has 0 spiro atoms. The van der Waals surface area contributed by atoms with Crippen LogP contribution in [0.25, 0.3) is 33.1 Å². The van der Waals surface area contributed by atoms with Crippen LogP contribution in [0.3, 0.4) is 0 Å². The number of carbonyl (C=O) groups excluding carboxylic acids is 1. The van der Waals surface area contributed by atoms with E-state index in [-0.39, 0.29) is 5.91 Å². The molecule has 6 nitrogen and oxygen atoms in total. The van der Waals surface area contributed by atoms with Crippen LogP contribution in [0.2, 0.25) is 0 Å². The zero-order valence-corrected chi connectivity index (χ0v) is 17.1. The van der Waals surface area contributed by atoms with E-state index < -0.39 is 0 Å². The second kappa shape index (κ2) is 6.80. The minimum absolute atomic E-state index is 0.0283. The average molecular weight is 408 g/mol. The average Bonchev–Trinajstić information content (AvgIpc) is 3.41. The van der Waals surface area contributed by atoms with E-state index >= 15 is 0 Å². The SMILES string of the molecule is Cn1nc2c(c1-c1cccc3occc13)CCN(C(=O)c1ccc3ncccc3c1)C2. The number of aromatic nitrogens is 3. The van der Waals surface area contributed by atoms with Gasteiger partial charge in [-0.25, -0.2) is 0 Å². The van der Waals surface area contributed by atoms with Gasteiger partial charge in [0.1, 0.15) is 5.58 Å². The topological polar surface area (TPSA) is 64.2 Å². The molecular formula is C25H20N4O2. The summed E-state index contributed by atoms with van der Waals surface area (Å²) in [7, 11) is 1.97. The van der Waals surface area contributed by atoms with Gasteiger partial charge in [0.05, 0.1) is 29.7 Å². The van der Waals surface area contributed by atoms with Crippen molar-refractivity contribution in [2.75, 3.05) is 6.54 Å². The predicted octanol–water partition coefficient (Wildman–Crippen LogP) is 4.58. The molecule has 0 radical (unpaired) electrons. The number of carbonyl (C=O) groups is 1. The number of hydrogen-bond donors (Lipinski definition) is 0. The van der Waals surface area contributed by atoms with Gasteiger partial charge in [-0.05, 0) is 42.8 Å². The minimum atomic E-state index is 0.0283. The highest BCUT2D eigenvalue weighted by Crippen LogP contribution is 2.35. The van der Waals surface area contributed by atoms with E-state index in [1.165, 1.54) is 5.56 Å². The molecule has 0 N–H and O–H groups in total. The van der Waals surface area contributed by atoms with Crippen molar-refractivity contribution in [3.63, 3.8) is 0 Å². The smallest absolute Gasteiger partial charge is 0.254 e. The summed E-state index contributed by atoms with van der Waals surface area (Å²) >= 11 is 0. The van der Waals surface area contributed by atoms with Crippen molar-refractivity contribution in [2.45, 2.75) is 13.0 Å². The summed E-state index contributed by atoms with van der Waals surface area (Å²) in [6.07, 6.45) is 4.25. The maximum absolute atomic E-state index is 13.2. The summed E-state index contributed by atoms with van der Waals surface area (Å²) < 4.78 is 7.51. The molecule has 0 saturated heterocycles. The lowest BCUT2D eigenvalue weighted by Crippen LogP contribution is -2.36. The molecule has 1 aliphatic rings. The summed E-state index contributed by atoms with van der Waals surface area (Å²) in [6.45, 7) is 1.17. The maximum atomic E-state index is 13.2. The Balaban J connectivity index is 1.34. The van der Waals surface area contributed by atoms with Gasteiger partial charge in [0, 0.05) is 47.3 Å². The molecule has 31 heavy (non-hydrogen) atoms. The highest BCUT2D eigenvalue weighted by molar-refractivity contribution is 5.98. The number of benzene rings is 2. The van der Waals surface area contributed by atoms with E-state index in [1.807, 2.05) is 65.2 Å². The van der Waals surface area contributed by atoms with Crippen molar-refractivity contribution < 1.29 is 9.21 Å². The monoisotopic (exact) mass is 408 g/mol. The first-order valence-corrected chi connectivity index (χ1v) is 10.3. The summed E-state index contributed by atoms with van der Waals surface area (Å²) in [4.78, 5) is 19.4. The maximum Gasteiger partial charge on any atom is 0.254 e. The lowest BCUT2D eigenvalue weighted by molar-refractivity contribution is 0.0732. The lowest BCUT2D eigenvalue weighted by Gasteiger charge is -2.27. The van der Waals surface area contributed by atoms with E-state index in [0.29, 0.717) is 18.7 Å². The van der Waals surface area contributed by atoms with Crippen LogP contribution in [-0.4, -0.2) is 32.1 Å². The first-order chi connectivity index (χ1) is 15.2. The molecule has 0 fully saturated rings.